The summed E-state index contributed by atoms with van der Waals surface area (Å²) in [4.78, 5) is 15.9. The summed E-state index contributed by atoms with van der Waals surface area (Å²) in [7, 11) is 0. The number of aromatic nitrogens is 1. The summed E-state index contributed by atoms with van der Waals surface area (Å²) in [6, 6.07) is 4.07. The van der Waals surface area contributed by atoms with E-state index in [2.05, 4.69) is 4.98 Å². The molecule has 1 heterocycles. The largest absolute Gasteiger partial charge is 0.438 e. The van der Waals surface area contributed by atoms with Crippen LogP contribution in [-0.2, 0) is 0 Å². The van der Waals surface area contributed by atoms with Gasteiger partial charge in [-0.3, -0.25) is 4.79 Å². The van der Waals surface area contributed by atoms with E-state index >= 15 is 0 Å². The fraction of sp³-hybridized carbons (Fsp3) is 0.294. The Kier molecular flexibility index (Phi) is 3.98. The van der Waals surface area contributed by atoms with Crippen molar-refractivity contribution in [1.82, 2.24) is 4.98 Å². The van der Waals surface area contributed by atoms with Gasteiger partial charge in [-0.15, -0.1) is 0 Å². The summed E-state index contributed by atoms with van der Waals surface area (Å²) in [5, 5.41) is 0. The van der Waals surface area contributed by atoms with Crippen LogP contribution in [0, 0.1) is 34.6 Å². The summed E-state index contributed by atoms with van der Waals surface area (Å²) in [5.74, 6) is 0.459. The lowest BCUT2D eigenvalue weighted by atomic mass is 10.1. The van der Waals surface area contributed by atoms with E-state index in [1.165, 1.54) is 5.56 Å². The normalized spacial score (nSPS) is 10.5. The first-order valence-corrected chi connectivity index (χ1v) is 6.83. The molecule has 0 unspecified atom stereocenters. The molecule has 0 aliphatic rings. The third kappa shape index (κ3) is 2.89. The molecule has 21 heavy (non-hydrogen) atoms. The van der Waals surface area contributed by atoms with E-state index in [9.17, 15) is 4.79 Å². The number of aryl methyl sites for hydroxylation is 4. The first-order valence-electron chi connectivity index (χ1n) is 6.83. The van der Waals surface area contributed by atoms with Crippen LogP contribution in [0.1, 0.15) is 38.2 Å². The summed E-state index contributed by atoms with van der Waals surface area (Å²) < 4.78 is 5.91. The molecule has 0 saturated heterocycles. The van der Waals surface area contributed by atoms with Crippen LogP contribution in [-0.4, -0.2) is 10.9 Å². The number of hydrogen-bond donors (Lipinski definition) is 1. The Hall–Kier alpha value is -2.36. The number of hydrogen-bond acceptors (Lipinski definition) is 3. The van der Waals surface area contributed by atoms with Crippen LogP contribution in [0.5, 0.6) is 11.6 Å². The Bertz CT molecular complexity index is 698. The number of rotatable bonds is 3. The van der Waals surface area contributed by atoms with Gasteiger partial charge in [0.1, 0.15) is 11.3 Å². The Morgan fingerprint density at radius 1 is 1.05 bits per heavy atom. The van der Waals surface area contributed by atoms with Crippen LogP contribution in [0.3, 0.4) is 0 Å². The van der Waals surface area contributed by atoms with Crippen molar-refractivity contribution in [2.24, 2.45) is 5.73 Å². The molecule has 1 aromatic carbocycles. The summed E-state index contributed by atoms with van der Waals surface area (Å²) in [6.45, 7) is 9.72. The zero-order chi connectivity index (χ0) is 15.7. The van der Waals surface area contributed by atoms with Crippen molar-refractivity contribution < 1.29 is 9.53 Å². The molecule has 0 atom stereocenters. The molecule has 0 spiro atoms. The second-order valence-electron chi connectivity index (χ2n) is 5.44. The van der Waals surface area contributed by atoms with Crippen molar-refractivity contribution >= 4 is 5.91 Å². The van der Waals surface area contributed by atoms with Gasteiger partial charge in [0.2, 0.25) is 5.88 Å². The molecule has 0 saturated carbocycles. The molecule has 2 aromatic rings. The molecular formula is C17H20N2O2. The third-order valence-corrected chi connectivity index (χ3v) is 3.61. The number of ether oxygens (including phenoxy) is 1. The second kappa shape index (κ2) is 5.56. The van der Waals surface area contributed by atoms with E-state index in [1.54, 1.807) is 6.20 Å². The monoisotopic (exact) mass is 284 g/mol. The number of primary amides is 1. The highest BCUT2D eigenvalue weighted by molar-refractivity contribution is 5.96. The SMILES string of the molecule is Cc1cc(C)c(Oc2ncc(C)c(C)c2C(N)=O)c(C)c1. The van der Waals surface area contributed by atoms with Crippen molar-refractivity contribution in [2.45, 2.75) is 34.6 Å². The molecule has 2 N–H and O–H groups in total. The summed E-state index contributed by atoms with van der Waals surface area (Å²) >= 11 is 0. The lowest BCUT2D eigenvalue weighted by Crippen LogP contribution is -2.16. The van der Waals surface area contributed by atoms with Crippen molar-refractivity contribution in [1.29, 1.82) is 0 Å². The van der Waals surface area contributed by atoms with Crippen LogP contribution in [0.2, 0.25) is 0 Å². The number of carbonyl (C=O) groups excluding carboxylic acids is 1. The fourth-order valence-electron chi connectivity index (χ4n) is 2.47. The average Bonchev–Trinajstić information content (AvgIpc) is 2.37. The van der Waals surface area contributed by atoms with Gasteiger partial charge in [0.05, 0.1) is 0 Å². The summed E-state index contributed by atoms with van der Waals surface area (Å²) in [6.07, 6.45) is 1.69. The minimum absolute atomic E-state index is 0.264. The highest BCUT2D eigenvalue weighted by Crippen LogP contribution is 2.32. The average molecular weight is 284 g/mol. The topological polar surface area (TPSA) is 65.2 Å². The zero-order valence-electron chi connectivity index (χ0n) is 13.1. The molecule has 0 aliphatic heterocycles. The van der Waals surface area contributed by atoms with Gasteiger partial charge in [0.15, 0.2) is 0 Å². The maximum atomic E-state index is 11.7. The van der Waals surface area contributed by atoms with E-state index in [1.807, 2.05) is 46.8 Å². The smallest absolute Gasteiger partial charge is 0.254 e. The molecule has 2 rings (SSSR count). The number of pyridine rings is 1. The predicted octanol–water partition coefficient (Wildman–Crippen LogP) is 3.51. The van der Waals surface area contributed by atoms with Gasteiger partial charge in [-0.25, -0.2) is 4.98 Å². The van der Waals surface area contributed by atoms with Gasteiger partial charge >= 0.3 is 0 Å². The highest BCUT2D eigenvalue weighted by Gasteiger charge is 2.18. The Balaban J connectivity index is 2.55. The minimum Gasteiger partial charge on any atom is -0.438 e. The molecule has 1 aromatic heterocycles. The Labute approximate surface area is 125 Å². The van der Waals surface area contributed by atoms with E-state index in [-0.39, 0.29) is 5.88 Å². The van der Waals surface area contributed by atoms with Crippen molar-refractivity contribution in [3.63, 3.8) is 0 Å². The minimum atomic E-state index is -0.527. The number of benzene rings is 1. The fourth-order valence-corrected chi connectivity index (χ4v) is 2.47. The number of amides is 1. The van der Waals surface area contributed by atoms with Crippen LogP contribution >= 0.6 is 0 Å². The second-order valence-corrected chi connectivity index (χ2v) is 5.44. The van der Waals surface area contributed by atoms with E-state index in [4.69, 9.17) is 10.5 Å². The van der Waals surface area contributed by atoms with Crippen molar-refractivity contribution in [3.05, 3.63) is 51.7 Å². The van der Waals surface area contributed by atoms with Gasteiger partial charge in [-0.2, -0.15) is 0 Å². The quantitative estimate of drug-likeness (QED) is 0.937. The maximum Gasteiger partial charge on any atom is 0.254 e. The third-order valence-electron chi connectivity index (χ3n) is 3.61. The maximum absolute atomic E-state index is 11.7. The van der Waals surface area contributed by atoms with E-state index in [0.29, 0.717) is 5.56 Å². The van der Waals surface area contributed by atoms with Gasteiger partial charge in [-0.05, 0) is 56.9 Å². The highest BCUT2D eigenvalue weighted by atomic mass is 16.5. The molecule has 1 amide bonds. The molecule has 0 bridgehead atoms. The van der Waals surface area contributed by atoms with Gasteiger partial charge in [0.25, 0.3) is 5.91 Å². The lowest BCUT2D eigenvalue weighted by Gasteiger charge is -2.15. The number of carbonyl (C=O) groups is 1. The molecule has 4 heteroatoms. The molecular weight excluding hydrogens is 264 g/mol. The molecule has 0 aliphatic carbocycles. The van der Waals surface area contributed by atoms with Gasteiger partial charge in [-0.1, -0.05) is 17.7 Å². The standard InChI is InChI=1S/C17H20N2O2/c1-9-6-10(2)15(11(3)7-9)21-17-14(16(18)20)13(5)12(4)8-19-17/h6-8H,1-5H3,(H2,18,20). The van der Waals surface area contributed by atoms with Gasteiger partial charge < -0.3 is 10.5 Å². The molecule has 4 nitrogen and oxygen atoms in total. The van der Waals surface area contributed by atoms with Crippen LogP contribution in [0.15, 0.2) is 18.3 Å². The molecule has 0 radical (unpaired) electrons. The number of nitrogens with two attached hydrogens (primary N) is 1. The Morgan fingerprint density at radius 2 is 1.62 bits per heavy atom. The molecule has 0 fully saturated rings. The van der Waals surface area contributed by atoms with E-state index in [0.717, 1.165) is 28.0 Å². The van der Waals surface area contributed by atoms with Crippen molar-refractivity contribution in [3.8, 4) is 11.6 Å². The van der Waals surface area contributed by atoms with Crippen molar-refractivity contribution in [2.75, 3.05) is 0 Å². The zero-order valence-corrected chi connectivity index (χ0v) is 13.1. The predicted molar refractivity (Wildman–Crippen MR) is 83.0 cm³/mol. The van der Waals surface area contributed by atoms with Gasteiger partial charge in [0, 0.05) is 6.20 Å². The van der Waals surface area contributed by atoms with Crippen LogP contribution < -0.4 is 10.5 Å². The first kappa shape index (κ1) is 15.0. The lowest BCUT2D eigenvalue weighted by molar-refractivity contribution is 0.0996. The van der Waals surface area contributed by atoms with Crippen LogP contribution in [0.25, 0.3) is 0 Å². The van der Waals surface area contributed by atoms with E-state index < -0.39 is 5.91 Å². The summed E-state index contributed by atoms with van der Waals surface area (Å²) in [5.41, 5.74) is 10.7. The number of nitrogens with zero attached hydrogens (tertiary/aromatic N) is 1. The van der Waals surface area contributed by atoms with Crippen LogP contribution in [0.4, 0.5) is 0 Å². The Morgan fingerprint density at radius 3 is 2.14 bits per heavy atom. The first-order chi connectivity index (χ1) is 9.81. The molecule has 110 valence electrons.